The number of methoxy groups -OCH3 is 1. The molecule has 5 heteroatoms. The van der Waals surface area contributed by atoms with Gasteiger partial charge in [-0.2, -0.15) is 0 Å². The summed E-state index contributed by atoms with van der Waals surface area (Å²) < 4.78 is 10.9. The van der Waals surface area contributed by atoms with Crippen LogP contribution in [0.15, 0.2) is 24.3 Å². The number of hydrogen-bond acceptors (Lipinski definition) is 4. The summed E-state index contributed by atoms with van der Waals surface area (Å²) in [6, 6.07) is 7.51. The number of nitrogens with zero attached hydrogens (tertiary/aromatic N) is 1. The van der Waals surface area contributed by atoms with Crippen molar-refractivity contribution in [3.8, 4) is 5.75 Å². The molecule has 1 fully saturated rings. The van der Waals surface area contributed by atoms with Gasteiger partial charge in [-0.15, -0.1) is 0 Å². The summed E-state index contributed by atoms with van der Waals surface area (Å²) in [5, 5.41) is 3.23. The highest BCUT2D eigenvalue weighted by atomic mass is 16.5. The number of ether oxygens (including phenoxy) is 2. The molecule has 1 amide bonds. The maximum absolute atomic E-state index is 12.6. The van der Waals surface area contributed by atoms with Gasteiger partial charge in [0, 0.05) is 13.7 Å². The fourth-order valence-corrected chi connectivity index (χ4v) is 2.66. The molecule has 2 heterocycles. The van der Waals surface area contributed by atoms with Crippen LogP contribution in [0.25, 0.3) is 0 Å². The summed E-state index contributed by atoms with van der Waals surface area (Å²) in [7, 11) is 1.68. The molecule has 2 atom stereocenters. The SMILES string of the molecule is COC1CNC(C(=O)N2CCOc3ccccc32)C1. The van der Waals surface area contributed by atoms with Crippen LogP contribution in [0.1, 0.15) is 6.42 Å². The standard InChI is InChI=1S/C14H18N2O3/c1-18-10-8-11(15-9-10)14(17)16-6-7-19-13-5-3-2-4-12(13)16/h2-5,10-11,15H,6-9H2,1H3. The van der Waals surface area contributed by atoms with Crippen LogP contribution in [0.2, 0.25) is 0 Å². The van der Waals surface area contributed by atoms with Crippen molar-refractivity contribution in [2.24, 2.45) is 0 Å². The normalized spacial score (nSPS) is 25.8. The summed E-state index contributed by atoms with van der Waals surface area (Å²) in [6.07, 6.45) is 0.861. The molecule has 1 N–H and O–H groups in total. The molecule has 5 nitrogen and oxygen atoms in total. The highest BCUT2D eigenvalue weighted by Gasteiger charge is 2.34. The average Bonchev–Trinajstić information content (AvgIpc) is 2.95. The van der Waals surface area contributed by atoms with Crippen LogP contribution in [0.4, 0.5) is 5.69 Å². The van der Waals surface area contributed by atoms with Gasteiger partial charge in [0.25, 0.3) is 0 Å². The Hall–Kier alpha value is -1.59. The maximum atomic E-state index is 12.6. The minimum atomic E-state index is -0.156. The lowest BCUT2D eigenvalue weighted by molar-refractivity contribution is -0.120. The first-order valence-corrected chi connectivity index (χ1v) is 6.59. The Morgan fingerprint density at radius 1 is 1.47 bits per heavy atom. The molecule has 0 radical (unpaired) electrons. The Kier molecular flexibility index (Phi) is 3.40. The largest absolute Gasteiger partial charge is 0.490 e. The minimum Gasteiger partial charge on any atom is -0.490 e. The number of amides is 1. The Morgan fingerprint density at radius 3 is 3.11 bits per heavy atom. The second-order valence-corrected chi connectivity index (χ2v) is 4.86. The number of benzene rings is 1. The molecule has 0 bridgehead atoms. The number of para-hydroxylation sites is 2. The molecule has 0 spiro atoms. The van der Waals surface area contributed by atoms with Crippen LogP contribution in [-0.4, -0.2) is 44.9 Å². The van der Waals surface area contributed by atoms with Gasteiger partial charge in [-0.1, -0.05) is 12.1 Å². The second-order valence-electron chi connectivity index (χ2n) is 4.86. The van der Waals surface area contributed by atoms with Crippen molar-refractivity contribution < 1.29 is 14.3 Å². The molecule has 1 saturated heterocycles. The second kappa shape index (κ2) is 5.19. The van der Waals surface area contributed by atoms with E-state index in [1.54, 1.807) is 7.11 Å². The van der Waals surface area contributed by atoms with Gasteiger partial charge in [0.1, 0.15) is 12.4 Å². The van der Waals surface area contributed by atoms with Gasteiger partial charge in [-0.05, 0) is 18.6 Å². The van der Waals surface area contributed by atoms with Crippen LogP contribution >= 0.6 is 0 Å². The highest BCUT2D eigenvalue weighted by Crippen LogP contribution is 2.31. The van der Waals surface area contributed by atoms with E-state index >= 15 is 0 Å². The van der Waals surface area contributed by atoms with Crippen molar-refractivity contribution in [3.63, 3.8) is 0 Å². The molecular weight excluding hydrogens is 244 g/mol. The quantitative estimate of drug-likeness (QED) is 0.856. The molecule has 1 aromatic rings. The molecule has 2 aliphatic heterocycles. The van der Waals surface area contributed by atoms with Crippen molar-refractivity contribution >= 4 is 11.6 Å². The minimum absolute atomic E-state index is 0.107. The summed E-state index contributed by atoms with van der Waals surface area (Å²) in [4.78, 5) is 14.4. The van der Waals surface area contributed by atoms with Crippen LogP contribution < -0.4 is 15.0 Å². The third-order valence-corrected chi connectivity index (χ3v) is 3.72. The summed E-state index contributed by atoms with van der Waals surface area (Å²) in [5.74, 6) is 0.888. The highest BCUT2D eigenvalue weighted by molar-refractivity contribution is 5.99. The molecule has 0 aromatic heterocycles. The Balaban J connectivity index is 1.78. The van der Waals surface area contributed by atoms with Crippen molar-refractivity contribution in [1.82, 2.24) is 5.32 Å². The Bertz CT molecular complexity index is 478. The van der Waals surface area contributed by atoms with Crippen LogP contribution in [-0.2, 0) is 9.53 Å². The third-order valence-electron chi connectivity index (χ3n) is 3.72. The number of nitrogens with one attached hydrogen (secondary N) is 1. The first kappa shape index (κ1) is 12.4. The Labute approximate surface area is 112 Å². The van der Waals surface area contributed by atoms with E-state index in [2.05, 4.69) is 5.32 Å². The Morgan fingerprint density at radius 2 is 2.32 bits per heavy atom. The number of carbonyl (C=O) groups is 1. The zero-order valence-corrected chi connectivity index (χ0v) is 11.0. The van der Waals surface area contributed by atoms with E-state index in [0.29, 0.717) is 13.2 Å². The van der Waals surface area contributed by atoms with Crippen molar-refractivity contribution in [3.05, 3.63) is 24.3 Å². The molecule has 2 unspecified atom stereocenters. The molecule has 3 rings (SSSR count). The fourth-order valence-electron chi connectivity index (χ4n) is 2.66. The average molecular weight is 262 g/mol. The molecule has 0 saturated carbocycles. The van der Waals surface area contributed by atoms with Crippen molar-refractivity contribution in [1.29, 1.82) is 0 Å². The molecule has 102 valence electrons. The summed E-state index contributed by atoms with van der Waals surface area (Å²) >= 11 is 0. The zero-order valence-electron chi connectivity index (χ0n) is 11.0. The lowest BCUT2D eigenvalue weighted by Crippen LogP contribution is -2.47. The van der Waals surface area contributed by atoms with E-state index in [9.17, 15) is 4.79 Å². The van der Waals surface area contributed by atoms with E-state index < -0.39 is 0 Å². The number of hydrogen-bond donors (Lipinski definition) is 1. The lowest BCUT2D eigenvalue weighted by atomic mass is 10.1. The number of rotatable bonds is 2. The van der Waals surface area contributed by atoms with E-state index in [0.717, 1.165) is 24.4 Å². The molecule has 2 aliphatic rings. The van der Waals surface area contributed by atoms with Crippen LogP contribution in [0.3, 0.4) is 0 Å². The van der Waals surface area contributed by atoms with Crippen LogP contribution in [0.5, 0.6) is 5.75 Å². The smallest absolute Gasteiger partial charge is 0.244 e. The predicted octanol–water partition coefficient (Wildman–Crippen LogP) is 0.789. The monoisotopic (exact) mass is 262 g/mol. The van der Waals surface area contributed by atoms with Gasteiger partial charge in [-0.3, -0.25) is 4.79 Å². The van der Waals surface area contributed by atoms with Crippen molar-refractivity contribution in [2.75, 3.05) is 31.7 Å². The first-order valence-electron chi connectivity index (χ1n) is 6.59. The van der Waals surface area contributed by atoms with Gasteiger partial charge in [0.05, 0.1) is 24.4 Å². The van der Waals surface area contributed by atoms with Gasteiger partial charge < -0.3 is 19.7 Å². The topological polar surface area (TPSA) is 50.8 Å². The lowest BCUT2D eigenvalue weighted by Gasteiger charge is -2.31. The van der Waals surface area contributed by atoms with Gasteiger partial charge in [0.2, 0.25) is 5.91 Å². The van der Waals surface area contributed by atoms with Gasteiger partial charge in [-0.25, -0.2) is 0 Å². The van der Waals surface area contributed by atoms with Gasteiger partial charge in [0.15, 0.2) is 0 Å². The predicted molar refractivity (Wildman–Crippen MR) is 71.5 cm³/mol. The third kappa shape index (κ3) is 2.31. The number of fused-ring (bicyclic) bond motifs is 1. The maximum Gasteiger partial charge on any atom is 0.244 e. The van der Waals surface area contributed by atoms with E-state index in [-0.39, 0.29) is 18.1 Å². The first-order chi connectivity index (χ1) is 9.29. The molecular formula is C14H18N2O3. The van der Waals surface area contributed by atoms with Crippen molar-refractivity contribution in [2.45, 2.75) is 18.6 Å². The number of anilines is 1. The van der Waals surface area contributed by atoms with Crippen LogP contribution in [0, 0.1) is 0 Å². The molecule has 19 heavy (non-hydrogen) atoms. The number of carbonyl (C=O) groups excluding carboxylic acids is 1. The van der Waals surface area contributed by atoms with Gasteiger partial charge >= 0.3 is 0 Å². The van der Waals surface area contributed by atoms with E-state index in [1.807, 2.05) is 29.2 Å². The fraction of sp³-hybridized carbons (Fsp3) is 0.500. The molecule has 0 aliphatic carbocycles. The van der Waals surface area contributed by atoms with E-state index in [4.69, 9.17) is 9.47 Å². The van der Waals surface area contributed by atoms with E-state index in [1.165, 1.54) is 0 Å². The summed E-state index contributed by atoms with van der Waals surface area (Å²) in [5.41, 5.74) is 0.862. The molecule has 1 aromatic carbocycles. The zero-order chi connectivity index (χ0) is 13.2. The summed E-state index contributed by atoms with van der Waals surface area (Å²) in [6.45, 7) is 1.88.